The molecule has 5 nitrogen and oxygen atoms in total. The van der Waals surface area contributed by atoms with Crippen LogP contribution in [-0.4, -0.2) is 29.3 Å². The van der Waals surface area contributed by atoms with Crippen LogP contribution in [0.1, 0.15) is 25.3 Å². The van der Waals surface area contributed by atoms with E-state index in [1.54, 1.807) is 6.20 Å². The van der Waals surface area contributed by atoms with Gasteiger partial charge >= 0.3 is 6.09 Å². The number of aryl methyl sites for hydroxylation is 1. The van der Waals surface area contributed by atoms with Crippen LogP contribution in [0.25, 0.3) is 11.1 Å². The summed E-state index contributed by atoms with van der Waals surface area (Å²) in [5, 5.41) is 11.2. The first-order valence-electron chi connectivity index (χ1n) is 8.24. The highest BCUT2D eigenvalue weighted by Crippen LogP contribution is 2.45. The van der Waals surface area contributed by atoms with Gasteiger partial charge in [0, 0.05) is 23.7 Å². The van der Waals surface area contributed by atoms with Crippen molar-refractivity contribution in [1.29, 1.82) is 0 Å². The normalized spacial score (nSPS) is 14.9. The predicted octanol–water partition coefficient (Wildman–Crippen LogP) is 3.74. The Labute approximate surface area is 141 Å². The van der Waals surface area contributed by atoms with E-state index in [2.05, 4.69) is 41.5 Å². The van der Waals surface area contributed by atoms with Crippen molar-refractivity contribution in [1.82, 2.24) is 10.3 Å². The Morgan fingerprint density at radius 3 is 2.62 bits per heavy atom. The number of carboxylic acid groups (broad SMARTS) is 1. The van der Waals surface area contributed by atoms with Crippen LogP contribution in [0, 0.1) is 5.41 Å². The van der Waals surface area contributed by atoms with Crippen molar-refractivity contribution in [2.45, 2.75) is 26.2 Å². The third-order valence-electron chi connectivity index (χ3n) is 4.53. The highest BCUT2D eigenvalue weighted by Gasteiger charge is 2.43. The number of benzene rings is 1. The van der Waals surface area contributed by atoms with Crippen LogP contribution in [-0.2, 0) is 6.42 Å². The van der Waals surface area contributed by atoms with Gasteiger partial charge in [-0.15, -0.1) is 0 Å². The van der Waals surface area contributed by atoms with E-state index in [4.69, 9.17) is 9.84 Å². The van der Waals surface area contributed by atoms with Gasteiger partial charge in [0.25, 0.3) is 0 Å². The maximum Gasteiger partial charge on any atom is 0.404 e. The second-order valence-corrected chi connectivity index (χ2v) is 6.41. The summed E-state index contributed by atoms with van der Waals surface area (Å²) in [5.74, 6) is 0.716. The summed E-state index contributed by atoms with van der Waals surface area (Å²) in [6.07, 6.45) is 5.53. The lowest BCUT2D eigenvalue weighted by atomic mass is 10.0. The molecule has 1 heterocycles. The molecule has 0 unspecified atom stereocenters. The van der Waals surface area contributed by atoms with Crippen LogP contribution in [0.2, 0.25) is 0 Å². The summed E-state index contributed by atoms with van der Waals surface area (Å²) in [6, 6.07) is 10.4. The third-order valence-corrected chi connectivity index (χ3v) is 4.53. The average molecular weight is 326 g/mol. The fraction of sp³-hybridized carbons (Fsp3) is 0.368. The Kier molecular flexibility index (Phi) is 4.69. The molecule has 0 spiro atoms. The SMILES string of the molecule is CCc1ccc(-c2cncc(OCC3(CNC(=O)O)CC3)c2)cc1. The first-order valence-corrected chi connectivity index (χ1v) is 8.24. The standard InChI is InChI=1S/C19H22N2O3/c1-2-14-3-5-15(6-4-14)16-9-17(11-20-10-16)24-13-19(7-8-19)12-21-18(22)23/h3-6,9-11,21H,2,7-8,12-13H2,1H3,(H,22,23). The van der Waals surface area contributed by atoms with Gasteiger partial charge in [0.05, 0.1) is 12.8 Å². The monoisotopic (exact) mass is 326 g/mol. The van der Waals surface area contributed by atoms with E-state index in [0.29, 0.717) is 18.9 Å². The maximum absolute atomic E-state index is 10.6. The van der Waals surface area contributed by atoms with Crippen LogP contribution < -0.4 is 10.1 Å². The summed E-state index contributed by atoms with van der Waals surface area (Å²) in [7, 11) is 0. The molecule has 0 bridgehead atoms. The first kappa shape index (κ1) is 16.3. The van der Waals surface area contributed by atoms with Crippen molar-refractivity contribution in [3.8, 4) is 16.9 Å². The number of rotatable bonds is 7. The molecule has 0 aliphatic heterocycles. The van der Waals surface area contributed by atoms with Crippen LogP contribution >= 0.6 is 0 Å². The lowest BCUT2D eigenvalue weighted by molar-refractivity contribution is 0.184. The van der Waals surface area contributed by atoms with Crippen molar-refractivity contribution < 1.29 is 14.6 Å². The van der Waals surface area contributed by atoms with Gasteiger partial charge in [0.15, 0.2) is 0 Å². The summed E-state index contributed by atoms with van der Waals surface area (Å²) < 4.78 is 5.88. The first-order chi connectivity index (χ1) is 11.6. The van der Waals surface area contributed by atoms with Gasteiger partial charge in [-0.25, -0.2) is 4.79 Å². The van der Waals surface area contributed by atoms with Crippen LogP contribution in [0.3, 0.4) is 0 Å². The molecule has 1 aromatic carbocycles. The molecule has 0 atom stereocenters. The zero-order chi connectivity index (χ0) is 17.0. The smallest absolute Gasteiger partial charge is 0.404 e. The molecule has 1 aliphatic carbocycles. The minimum atomic E-state index is -0.986. The molecule has 1 aliphatic rings. The van der Waals surface area contributed by atoms with Gasteiger partial charge in [-0.05, 0) is 36.5 Å². The second kappa shape index (κ2) is 6.91. The fourth-order valence-corrected chi connectivity index (χ4v) is 2.64. The average Bonchev–Trinajstić information content (AvgIpc) is 3.39. The van der Waals surface area contributed by atoms with Gasteiger partial charge in [-0.1, -0.05) is 31.2 Å². The Bertz CT molecular complexity index is 709. The second-order valence-electron chi connectivity index (χ2n) is 6.41. The summed E-state index contributed by atoms with van der Waals surface area (Å²) >= 11 is 0. The quantitative estimate of drug-likeness (QED) is 0.813. The Morgan fingerprint density at radius 2 is 2.00 bits per heavy atom. The molecule has 1 saturated carbocycles. The number of hydrogen-bond acceptors (Lipinski definition) is 3. The number of carbonyl (C=O) groups is 1. The predicted molar refractivity (Wildman–Crippen MR) is 92.2 cm³/mol. The van der Waals surface area contributed by atoms with Gasteiger partial charge < -0.3 is 15.2 Å². The number of ether oxygens (including phenoxy) is 1. The minimum absolute atomic E-state index is 0.0584. The van der Waals surface area contributed by atoms with Crippen LogP contribution in [0.15, 0.2) is 42.7 Å². The summed E-state index contributed by atoms with van der Waals surface area (Å²) in [6.45, 7) is 3.08. The number of nitrogens with zero attached hydrogens (tertiary/aromatic N) is 1. The number of nitrogens with one attached hydrogen (secondary N) is 1. The lowest BCUT2D eigenvalue weighted by Crippen LogP contribution is -2.31. The van der Waals surface area contributed by atoms with Crippen LogP contribution in [0.4, 0.5) is 4.79 Å². The molecular formula is C19H22N2O3. The lowest BCUT2D eigenvalue weighted by Gasteiger charge is -2.16. The fourth-order valence-electron chi connectivity index (χ4n) is 2.64. The Hall–Kier alpha value is -2.56. The zero-order valence-electron chi connectivity index (χ0n) is 13.8. The third kappa shape index (κ3) is 4.04. The topological polar surface area (TPSA) is 71.5 Å². The van der Waals surface area contributed by atoms with Crippen molar-refractivity contribution in [3.63, 3.8) is 0 Å². The number of pyridine rings is 1. The molecular weight excluding hydrogens is 304 g/mol. The van der Waals surface area contributed by atoms with E-state index in [0.717, 1.165) is 30.4 Å². The van der Waals surface area contributed by atoms with E-state index < -0.39 is 6.09 Å². The van der Waals surface area contributed by atoms with Gasteiger partial charge in [-0.2, -0.15) is 0 Å². The van der Waals surface area contributed by atoms with Crippen molar-refractivity contribution in [2.75, 3.05) is 13.2 Å². The zero-order valence-corrected chi connectivity index (χ0v) is 13.8. The van der Waals surface area contributed by atoms with Crippen molar-refractivity contribution >= 4 is 6.09 Å². The van der Waals surface area contributed by atoms with E-state index >= 15 is 0 Å². The van der Waals surface area contributed by atoms with E-state index in [-0.39, 0.29) is 5.41 Å². The van der Waals surface area contributed by atoms with E-state index in [1.807, 2.05) is 12.3 Å². The van der Waals surface area contributed by atoms with Gasteiger partial charge in [0.2, 0.25) is 0 Å². The van der Waals surface area contributed by atoms with E-state index in [9.17, 15) is 4.79 Å². The Balaban J connectivity index is 1.64. The van der Waals surface area contributed by atoms with Crippen molar-refractivity contribution in [2.24, 2.45) is 5.41 Å². The highest BCUT2D eigenvalue weighted by molar-refractivity contribution is 5.65. The summed E-state index contributed by atoms with van der Waals surface area (Å²) in [4.78, 5) is 14.9. The largest absolute Gasteiger partial charge is 0.491 e. The van der Waals surface area contributed by atoms with Crippen LogP contribution in [0.5, 0.6) is 5.75 Å². The molecule has 2 N–H and O–H groups in total. The number of aromatic nitrogens is 1. The van der Waals surface area contributed by atoms with Gasteiger partial charge in [0.1, 0.15) is 5.75 Å². The maximum atomic E-state index is 10.6. The molecule has 0 saturated heterocycles. The molecule has 0 radical (unpaired) electrons. The molecule has 1 aromatic heterocycles. The molecule has 126 valence electrons. The van der Waals surface area contributed by atoms with E-state index in [1.165, 1.54) is 5.56 Å². The number of hydrogen-bond donors (Lipinski definition) is 2. The molecule has 3 rings (SSSR count). The Morgan fingerprint density at radius 1 is 1.25 bits per heavy atom. The molecule has 5 heteroatoms. The van der Waals surface area contributed by atoms with Gasteiger partial charge in [-0.3, -0.25) is 4.98 Å². The minimum Gasteiger partial charge on any atom is -0.491 e. The molecule has 24 heavy (non-hydrogen) atoms. The van der Waals surface area contributed by atoms with Crippen molar-refractivity contribution in [3.05, 3.63) is 48.3 Å². The highest BCUT2D eigenvalue weighted by atomic mass is 16.5. The molecule has 1 fully saturated rings. The molecule has 2 aromatic rings. The summed E-state index contributed by atoms with van der Waals surface area (Å²) in [5.41, 5.74) is 3.38. The number of amides is 1. The molecule has 1 amide bonds.